The van der Waals surface area contributed by atoms with Crippen LogP contribution in [0.2, 0.25) is 10.0 Å². The number of likely N-dealkylation sites (tertiary alicyclic amines) is 1. The van der Waals surface area contributed by atoms with Crippen molar-refractivity contribution >= 4 is 39.1 Å². The van der Waals surface area contributed by atoms with Crippen molar-refractivity contribution in [1.29, 1.82) is 0 Å². The molecule has 40 heavy (non-hydrogen) atoms. The van der Waals surface area contributed by atoms with E-state index in [-0.39, 0.29) is 11.8 Å². The maximum atomic E-state index is 13.7. The van der Waals surface area contributed by atoms with Gasteiger partial charge in [-0.05, 0) is 60.4 Å². The first-order chi connectivity index (χ1) is 19.1. The Hall–Kier alpha value is -2.42. The minimum atomic E-state index is -3.41. The van der Waals surface area contributed by atoms with E-state index in [9.17, 15) is 13.2 Å². The standard InChI is InChI=1S/C31H35Cl2N3O3S/c1-40(38,39)35-30(24-10-6-3-7-11-24)15-18-36(19-16-30)22-26-21-31(26,25-12-13-27(32)28(33)20-25)29(37)34-17-14-23-8-4-2-5-9-23/h2-13,20,26,35H,14-19,21-22H2,1H3,(H,34,37). The minimum absolute atomic E-state index is 0.0150. The number of rotatable bonds is 10. The van der Waals surface area contributed by atoms with E-state index >= 15 is 0 Å². The first kappa shape index (κ1) is 29.1. The first-order valence-corrected chi connectivity index (χ1v) is 16.3. The zero-order valence-corrected chi connectivity index (χ0v) is 24.9. The van der Waals surface area contributed by atoms with Crippen molar-refractivity contribution < 1.29 is 13.2 Å². The molecule has 212 valence electrons. The van der Waals surface area contributed by atoms with E-state index in [1.807, 2.05) is 60.7 Å². The second-order valence-electron chi connectivity index (χ2n) is 11.1. The highest BCUT2D eigenvalue weighted by Gasteiger charge is 2.61. The summed E-state index contributed by atoms with van der Waals surface area (Å²) in [5.74, 6) is 0.134. The molecule has 1 aliphatic carbocycles. The van der Waals surface area contributed by atoms with Crippen LogP contribution in [0.25, 0.3) is 0 Å². The van der Waals surface area contributed by atoms with Crippen molar-refractivity contribution in [3.63, 3.8) is 0 Å². The van der Waals surface area contributed by atoms with E-state index < -0.39 is 21.0 Å². The molecule has 3 aromatic carbocycles. The monoisotopic (exact) mass is 599 g/mol. The average molecular weight is 601 g/mol. The van der Waals surface area contributed by atoms with Gasteiger partial charge in [0, 0.05) is 26.2 Å². The fraction of sp³-hybridized carbons (Fsp3) is 0.387. The number of piperidine rings is 1. The van der Waals surface area contributed by atoms with Crippen LogP contribution in [-0.4, -0.2) is 51.7 Å². The molecule has 0 aromatic heterocycles. The van der Waals surface area contributed by atoms with Crippen molar-refractivity contribution in [1.82, 2.24) is 14.9 Å². The fourth-order valence-electron chi connectivity index (χ4n) is 6.20. The van der Waals surface area contributed by atoms with Gasteiger partial charge in [-0.25, -0.2) is 13.1 Å². The number of hydrogen-bond acceptors (Lipinski definition) is 4. The Morgan fingerprint density at radius 3 is 2.20 bits per heavy atom. The minimum Gasteiger partial charge on any atom is -0.355 e. The Labute approximate surface area is 247 Å². The predicted molar refractivity (Wildman–Crippen MR) is 161 cm³/mol. The number of carbonyl (C=O) groups is 1. The quantitative estimate of drug-likeness (QED) is 0.338. The summed E-state index contributed by atoms with van der Waals surface area (Å²) in [6.45, 7) is 2.75. The molecule has 2 aliphatic rings. The number of nitrogens with one attached hydrogen (secondary N) is 2. The van der Waals surface area contributed by atoms with Gasteiger partial charge in [0.15, 0.2) is 0 Å². The number of hydrogen-bond donors (Lipinski definition) is 2. The van der Waals surface area contributed by atoms with E-state index in [0.717, 1.165) is 43.6 Å². The fourth-order valence-corrected chi connectivity index (χ4v) is 7.53. The number of benzene rings is 3. The van der Waals surface area contributed by atoms with Gasteiger partial charge in [-0.1, -0.05) is 89.9 Å². The molecule has 2 atom stereocenters. The molecule has 2 fully saturated rings. The second kappa shape index (κ2) is 11.8. The van der Waals surface area contributed by atoms with Gasteiger partial charge in [0.1, 0.15) is 0 Å². The summed E-state index contributed by atoms with van der Waals surface area (Å²) in [7, 11) is -3.41. The third-order valence-electron chi connectivity index (χ3n) is 8.38. The maximum Gasteiger partial charge on any atom is 0.231 e. The molecule has 3 aromatic rings. The number of amides is 1. The number of nitrogens with zero attached hydrogens (tertiary/aromatic N) is 1. The molecule has 9 heteroatoms. The summed E-state index contributed by atoms with van der Waals surface area (Å²) >= 11 is 12.6. The maximum absolute atomic E-state index is 13.7. The van der Waals surface area contributed by atoms with Crippen LogP contribution >= 0.6 is 23.2 Å². The van der Waals surface area contributed by atoms with Crippen LogP contribution in [0.5, 0.6) is 0 Å². The number of halogens is 2. The zero-order valence-electron chi connectivity index (χ0n) is 22.6. The highest BCUT2D eigenvalue weighted by atomic mass is 35.5. The lowest BCUT2D eigenvalue weighted by molar-refractivity contribution is -0.124. The molecule has 1 saturated heterocycles. The van der Waals surface area contributed by atoms with Gasteiger partial charge in [-0.2, -0.15) is 0 Å². The van der Waals surface area contributed by atoms with Crippen molar-refractivity contribution in [2.45, 2.75) is 36.6 Å². The molecule has 1 heterocycles. The number of carbonyl (C=O) groups excluding carboxylic acids is 1. The van der Waals surface area contributed by atoms with Gasteiger partial charge in [0.25, 0.3) is 0 Å². The Balaban J connectivity index is 1.29. The molecule has 5 rings (SSSR count). The highest BCUT2D eigenvalue weighted by Crippen LogP contribution is 2.56. The van der Waals surface area contributed by atoms with Crippen molar-refractivity contribution in [3.05, 3.63) is 106 Å². The third kappa shape index (κ3) is 6.39. The topological polar surface area (TPSA) is 78.5 Å². The van der Waals surface area contributed by atoms with Crippen molar-refractivity contribution in [2.75, 3.05) is 32.4 Å². The third-order valence-corrected chi connectivity index (χ3v) is 9.88. The molecule has 0 spiro atoms. The van der Waals surface area contributed by atoms with Crippen LogP contribution in [0.4, 0.5) is 0 Å². The Kier molecular flexibility index (Phi) is 8.60. The van der Waals surface area contributed by atoms with Crippen LogP contribution in [0, 0.1) is 5.92 Å². The molecule has 0 radical (unpaired) electrons. The van der Waals surface area contributed by atoms with E-state index in [0.29, 0.717) is 29.4 Å². The van der Waals surface area contributed by atoms with Gasteiger partial charge in [-0.3, -0.25) is 4.79 Å². The average Bonchev–Trinajstić information content (AvgIpc) is 3.66. The Morgan fingerprint density at radius 1 is 0.925 bits per heavy atom. The van der Waals surface area contributed by atoms with E-state index in [1.54, 1.807) is 6.07 Å². The summed E-state index contributed by atoms with van der Waals surface area (Å²) in [5, 5.41) is 4.09. The van der Waals surface area contributed by atoms with Gasteiger partial charge in [0.05, 0.1) is 27.3 Å². The van der Waals surface area contributed by atoms with E-state index in [1.165, 1.54) is 11.8 Å². The SMILES string of the molecule is CS(=O)(=O)NC1(c2ccccc2)CCN(CC2CC2(C(=O)NCCc2ccccc2)c2ccc(Cl)c(Cl)c2)CC1. The van der Waals surface area contributed by atoms with Gasteiger partial charge < -0.3 is 10.2 Å². The predicted octanol–water partition coefficient (Wildman–Crippen LogP) is 5.15. The van der Waals surface area contributed by atoms with Gasteiger partial charge in [0.2, 0.25) is 15.9 Å². The van der Waals surface area contributed by atoms with Crippen LogP contribution in [0.1, 0.15) is 36.0 Å². The molecule has 2 unspecified atom stereocenters. The summed E-state index contributed by atoms with van der Waals surface area (Å²) in [6.07, 6.45) is 4.01. The first-order valence-electron chi connectivity index (χ1n) is 13.7. The van der Waals surface area contributed by atoms with Crippen LogP contribution in [-0.2, 0) is 32.2 Å². The molecule has 1 saturated carbocycles. The lowest BCUT2D eigenvalue weighted by atomic mass is 9.81. The molecule has 6 nitrogen and oxygen atoms in total. The number of sulfonamides is 1. The largest absolute Gasteiger partial charge is 0.355 e. The van der Waals surface area contributed by atoms with Gasteiger partial charge in [-0.15, -0.1) is 0 Å². The summed E-state index contributed by atoms with van der Waals surface area (Å²) in [6, 6.07) is 25.4. The van der Waals surface area contributed by atoms with E-state index in [4.69, 9.17) is 23.2 Å². The van der Waals surface area contributed by atoms with E-state index in [2.05, 4.69) is 27.1 Å². The molecule has 0 bridgehead atoms. The highest BCUT2D eigenvalue weighted by molar-refractivity contribution is 7.88. The zero-order chi connectivity index (χ0) is 28.4. The smallest absolute Gasteiger partial charge is 0.231 e. The molecular formula is C31H35Cl2N3O3S. The second-order valence-corrected chi connectivity index (χ2v) is 13.7. The normalized spacial score (nSPS) is 22.5. The van der Waals surface area contributed by atoms with Crippen LogP contribution < -0.4 is 10.0 Å². The van der Waals surface area contributed by atoms with Crippen molar-refractivity contribution in [2.24, 2.45) is 5.92 Å². The summed E-state index contributed by atoms with van der Waals surface area (Å²) in [4.78, 5) is 16.1. The summed E-state index contributed by atoms with van der Waals surface area (Å²) in [5.41, 5.74) is 1.75. The van der Waals surface area contributed by atoms with Crippen LogP contribution in [0.15, 0.2) is 78.9 Å². The Bertz CT molecular complexity index is 1450. The lowest BCUT2D eigenvalue weighted by Gasteiger charge is -2.42. The van der Waals surface area contributed by atoms with Gasteiger partial charge >= 0.3 is 0 Å². The molecule has 2 N–H and O–H groups in total. The summed E-state index contributed by atoms with van der Waals surface area (Å²) < 4.78 is 27.5. The molecule has 1 aliphatic heterocycles. The Morgan fingerprint density at radius 2 is 1.57 bits per heavy atom. The van der Waals surface area contributed by atoms with Crippen LogP contribution in [0.3, 0.4) is 0 Å². The lowest BCUT2D eigenvalue weighted by Crippen LogP contribution is -2.53. The van der Waals surface area contributed by atoms with Crippen molar-refractivity contribution in [3.8, 4) is 0 Å². The molecule has 1 amide bonds. The molecular weight excluding hydrogens is 565 g/mol.